The lowest BCUT2D eigenvalue weighted by Crippen LogP contribution is -2.12. The normalized spacial score (nSPS) is 10.6. The van der Waals surface area contributed by atoms with E-state index in [-0.39, 0.29) is 5.69 Å². The van der Waals surface area contributed by atoms with Crippen LogP contribution in [-0.2, 0) is 9.53 Å². The average molecular weight is 361 g/mol. The minimum atomic E-state index is -1.08. The van der Waals surface area contributed by atoms with Crippen molar-refractivity contribution < 1.29 is 27.8 Å². The summed E-state index contributed by atoms with van der Waals surface area (Å²) in [5.41, 5.74) is -0.145. The highest BCUT2D eigenvalue weighted by Gasteiger charge is 2.17. The molecule has 2 rings (SSSR count). The van der Waals surface area contributed by atoms with Crippen molar-refractivity contribution in [1.29, 1.82) is 0 Å². The Balaban J connectivity index is 2.19. The largest absolute Gasteiger partial charge is 0.493 e. The van der Waals surface area contributed by atoms with Crippen LogP contribution in [0.4, 0.5) is 14.5 Å². The molecule has 0 saturated heterocycles. The van der Waals surface area contributed by atoms with E-state index in [1.807, 2.05) is 6.92 Å². The number of halogens is 2. The fraction of sp³-hybridized carbons (Fsp3) is 0.158. The monoisotopic (exact) mass is 361 g/mol. The summed E-state index contributed by atoms with van der Waals surface area (Å²) in [6.07, 6.45) is 2.68. The van der Waals surface area contributed by atoms with Crippen LogP contribution in [0.3, 0.4) is 0 Å². The predicted octanol–water partition coefficient (Wildman–Crippen LogP) is 3.80. The molecular formula is C19H17F2NO4. The number of esters is 1. The summed E-state index contributed by atoms with van der Waals surface area (Å²) in [4.78, 5) is 23.5. The minimum Gasteiger partial charge on any atom is -0.493 e. The molecule has 0 atom stereocenters. The molecule has 0 spiro atoms. The highest BCUT2D eigenvalue weighted by atomic mass is 19.1. The Morgan fingerprint density at radius 2 is 1.88 bits per heavy atom. The molecule has 2 aromatic rings. The maximum absolute atomic E-state index is 13.8. The summed E-state index contributed by atoms with van der Waals surface area (Å²) < 4.78 is 37.3. The zero-order valence-corrected chi connectivity index (χ0v) is 14.2. The van der Waals surface area contributed by atoms with E-state index in [1.54, 1.807) is 24.3 Å². The molecule has 5 nitrogen and oxygen atoms in total. The highest BCUT2D eigenvalue weighted by Crippen LogP contribution is 2.21. The molecule has 0 aliphatic rings. The van der Waals surface area contributed by atoms with E-state index in [0.717, 1.165) is 13.2 Å². The molecule has 2 aromatic carbocycles. The van der Waals surface area contributed by atoms with Crippen LogP contribution in [-0.4, -0.2) is 25.6 Å². The Kier molecular flexibility index (Phi) is 6.43. The fourth-order valence-electron chi connectivity index (χ4n) is 2.16. The second kappa shape index (κ2) is 8.75. The summed E-state index contributed by atoms with van der Waals surface area (Å²) in [5.74, 6) is -3.11. The second-order valence-electron chi connectivity index (χ2n) is 5.10. The first-order valence-electron chi connectivity index (χ1n) is 7.74. The SMILES string of the molecule is CCOc1ccccc1/C=C/C(=O)Nc1cc(C(=O)OC)c(F)cc1F. The highest BCUT2D eigenvalue weighted by molar-refractivity contribution is 6.03. The van der Waals surface area contributed by atoms with Gasteiger partial charge in [0.15, 0.2) is 0 Å². The molecule has 136 valence electrons. The van der Waals surface area contributed by atoms with Crippen LogP contribution in [0, 0.1) is 11.6 Å². The van der Waals surface area contributed by atoms with E-state index >= 15 is 0 Å². The van der Waals surface area contributed by atoms with E-state index in [1.165, 1.54) is 12.2 Å². The van der Waals surface area contributed by atoms with Gasteiger partial charge in [-0.05, 0) is 25.1 Å². The zero-order valence-electron chi connectivity index (χ0n) is 14.2. The van der Waals surface area contributed by atoms with Gasteiger partial charge in [-0.3, -0.25) is 4.79 Å². The molecule has 0 aromatic heterocycles. The van der Waals surface area contributed by atoms with Gasteiger partial charge in [0, 0.05) is 17.7 Å². The van der Waals surface area contributed by atoms with E-state index in [9.17, 15) is 18.4 Å². The smallest absolute Gasteiger partial charge is 0.340 e. The van der Waals surface area contributed by atoms with E-state index in [2.05, 4.69) is 10.1 Å². The van der Waals surface area contributed by atoms with Crippen LogP contribution in [0.2, 0.25) is 0 Å². The summed E-state index contributed by atoms with van der Waals surface area (Å²) in [6, 6.07) is 8.48. The van der Waals surface area contributed by atoms with Crippen molar-refractivity contribution in [3.05, 3.63) is 65.2 Å². The molecule has 0 fully saturated rings. The molecule has 0 unspecified atom stereocenters. The maximum atomic E-state index is 13.8. The Hall–Kier alpha value is -3.22. The first kappa shape index (κ1) is 19.1. The number of ether oxygens (including phenoxy) is 2. The molecule has 0 aliphatic heterocycles. The number of hydrogen-bond donors (Lipinski definition) is 1. The molecule has 0 bridgehead atoms. The van der Waals surface area contributed by atoms with Gasteiger partial charge in [0.25, 0.3) is 0 Å². The molecule has 26 heavy (non-hydrogen) atoms. The van der Waals surface area contributed by atoms with Gasteiger partial charge in [0.1, 0.15) is 17.4 Å². The van der Waals surface area contributed by atoms with E-state index in [0.29, 0.717) is 24.0 Å². The molecule has 0 aliphatic carbocycles. The quantitative estimate of drug-likeness (QED) is 0.628. The number of amides is 1. The van der Waals surface area contributed by atoms with Crippen molar-refractivity contribution in [1.82, 2.24) is 0 Å². The standard InChI is InChI=1S/C19H17F2NO4/c1-3-26-17-7-5-4-6-12(17)8-9-18(23)22-16-10-13(19(24)25-2)14(20)11-15(16)21/h4-11H,3H2,1-2H3,(H,22,23)/b9-8+. The van der Waals surface area contributed by atoms with Gasteiger partial charge in [-0.15, -0.1) is 0 Å². The first-order valence-corrected chi connectivity index (χ1v) is 7.74. The Morgan fingerprint density at radius 1 is 1.15 bits per heavy atom. The number of nitrogens with one attached hydrogen (secondary N) is 1. The molecule has 7 heteroatoms. The third kappa shape index (κ3) is 4.66. The van der Waals surface area contributed by atoms with Crippen molar-refractivity contribution in [2.45, 2.75) is 6.92 Å². The number of carbonyl (C=O) groups excluding carboxylic acids is 2. The van der Waals surface area contributed by atoms with Gasteiger partial charge in [-0.2, -0.15) is 0 Å². The van der Waals surface area contributed by atoms with Crippen LogP contribution in [0.5, 0.6) is 5.75 Å². The molecule has 0 radical (unpaired) electrons. The van der Waals surface area contributed by atoms with Gasteiger partial charge < -0.3 is 14.8 Å². The fourth-order valence-corrected chi connectivity index (χ4v) is 2.16. The Morgan fingerprint density at radius 3 is 2.58 bits per heavy atom. The summed E-state index contributed by atoms with van der Waals surface area (Å²) >= 11 is 0. The predicted molar refractivity (Wildman–Crippen MR) is 93.0 cm³/mol. The second-order valence-corrected chi connectivity index (χ2v) is 5.10. The average Bonchev–Trinajstić information content (AvgIpc) is 2.63. The number of hydrogen-bond acceptors (Lipinski definition) is 4. The van der Waals surface area contributed by atoms with Gasteiger partial charge in [0.05, 0.1) is 25.0 Å². The number of anilines is 1. The molecular weight excluding hydrogens is 344 g/mol. The van der Waals surface area contributed by atoms with Crippen LogP contribution >= 0.6 is 0 Å². The van der Waals surface area contributed by atoms with Crippen LogP contribution < -0.4 is 10.1 Å². The maximum Gasteiger partial charge on any atom is 0.340 e. The Bertz CT molecular complexity index is 849. The minimum absolute atomic E-state index is 0.334. The lowest BCUT2D eigenvalue weighted by atomic mass is 10.1. The first-order chi connectivity index (χ1) is 12.5. The summed E-state index contributed by atoms with van der Waals surface area (Å²) in [6.45, 7) is 2.30. The number of methoxy groups -OCH3 is 1. The van der Waals surface area contributed by atoms with Crippen molar-refractivity contribution in [3.8, 4) is 5.75 Å². The molecule has 1 N–H and O–H groups in total. The molecule has 0 saturated carbocycles. The van der Waals surface area contributed by atoms with Gasteiger partial charge in [-0.25, -0.2) is 13.6 Å². The van der Waals surface area contributed by atoms with Crippen LogP contribution in [0.15, 0.2) is 42.5 Å². The van der Waals surface area contributed by atoms with E-state index < -0.39 is 29.1 Å². The van der Waals surface area contributed by atoms with Crippen molar-refractivity contribution in [2.24, 2.45) is 0 Å². The zero-order chi connectivity index (χ0) is 19.1. The third-order valence-electron chi connectivity index (χ3n) is 3.35. The van der Waals surface area contributed by atoms with Gasteiger partial charge in [-0.1, -0.05) is 18.2 Å². The van der Waals surface area contributed by atoms with Crippen molar-refractivity contribution in [3.63, 3.8) is 0 Å². The molecule has 1 amide bonds. The van der Waals surface area contributed by atoms with Crippen molar-refractivity contribution >= 4 is 23.6 Å². The number of benzene rings is 2. The van der Waals surface area contributed by atoms with Gasteiger partial charge >= 0.3 is 5.97 Å². The number of rotatable bonds is 6. The number of carbonyl (C=O) groups is 2. The summed E-state index contributed by atoms with van der Waals surface area (Å²) in [5, 5.41) is 2.26. The van der Waals surface area contributed by atoms with E-state index in [4.69, 9.17) is 4.74 Å². The molecule has 0 heterocycles. The topological polar surface area (TPSA) is 64.6 Å². The van der Waals surface area contributed by atoms with Gasteiger partial charge in [0.2, 0.25) is 5.91 Å². The lowest BCUT2D eigenvalue weighted by molar-refractivity contribution is -0.111. The van der Waals surface area contributed by atoms with Crippen LogP contribution in [0.25, 0.3) is 6.08 Å². The number of para-hydroxylation sites is 1. The third-order valence-corrected chi connectivity index (χ3v) is 3.35. The Labute approximate surface area is 149 Å². The summed E-state index contributed by atoms with van der Waals surface area (Å²) in [7, 11) is 1.07. The lowest BCUT2D eigenvalue weighted by Gasteiger charge is -2.08. The van der Waals surface area contributed by atoms with Crippen LogP contribution in [0.1, 0.15) is 22.8 Å². The van der Waals surface area contributed by atoms with Crippen molar-refractivity contribution in [2.75, 3.05) is 19.0 Å².